The third kappa shape index (κ3) is 2.73. The van der Waals surface area contributed by atoms with E-state index >= 15 is 0 Å². The van der Waals surface area contributed by atoms with Gasteiger partial charge in [-0.15, -0.1) is 0 Å². The lowest BCUT2D eigenvalue weighted by Gasteiger charge is -2.02. The van der Waals surface area contributed by atoms with E-state index in [1.165, 1.54) is 0 Å². The standard InChI is InChI=1S/CH7N2O3P/c1-7(4,5-2)6-3/h2-3H2,1H3. The van der Waals surface area contributed by atoms with Crippen molar-refractivity contribution < 1.29 is 13.8 Å². The molecule has 6 heteroatoms. The molecule has 0 aromatic carbocycles. The maximum Gasteiger partial charge on any atom is 0.359 e. The Morgan fingerprint density at radius 1 is 1.43 bits per heavy atom. The summed E-state index contributed by atoms with van der Waals surface area (Å²) in [5.41, 5.74) is 0. The van der Waals surface area contributed by atoms with Gasteiger partial charge in [0.25, 0.3) is 0 Å². The summed E-state index contributed by atoms with van der Waals surface area (Å²) >= 11 is 0. The maximum absolute atomic E-state index is 10.3. The number of nitrogens with two attached hydrogens (primary N) is 2. The van der Waals surface area contributed by atoms with Gasteiger partial charge in [-0.05, 0) is 0 Å². The first-order valence-electron chi connectivity index (χ1n) is 1.47. The first kappa shape index (κ1) is 7.07. The van der Waals surface area contributed by atoms with E-state index in [9.17, 15) is 4.57 Å². The summed E-state index contributed by atoms with van der Waals surface area (Å²) in [6.07, 6.45) is 0. The summed E-state index contributed by atoms with van der Waals surface area (Å²) < 4.78 is 17.8. The molecule has 0 amide bonds. The van der Waals surface area contributed by atoms with Crippen LogP contribution in [0.4, 0.5) is 0 Å². The molecule has 0 saturated heterocycles. The molecule has 0 rings (SSSR count). The van der Waals surface area contributed by atoms with Crippen molar-refractivity contribution in [3.8, 4) is 0 Å². The minimum absolute atomic E-state index is 1.16. The van der Waals surface area contributed by atoms with Crippen molar-refractivity contribution in [1.82, 2.24) is 0 Å². The van der Waals surface area contributed by atoms with Gasteiger partial charge in [0.05, 0.1) is 0 Å². The van der Waals surface area contributed by atoms with E-state index in [4.69, 9.17) is 0 Å². The molecule has 7 heavy (non-hydrogen) atoms. The fourth-order valence-corrected chi connectivity index (χ4v) is 0.0745. The van der Waals surface area contributed by atoms with Crippen LogP contribution in [-0.2, 0) is 13.8 Å². The molecule has 0 heterocycles. The molecule has 0 fully saturated rings. The summed E-state index contributed by atoms with van der Waals surface area (Å²) in [6.45, 7) is 1.16. The van der Waals surface area contributed by atoms with Gasteiger partial charge in [0.2, 0.25) is 0 Å². The van der Waals surface area contributed by atoms with Crippen LogP contribution in [0.3, 0.4) is 0 Å². The van der Waals surface area contributed by atoms with Gasteiger partial charge >= 0.3 is 7.60 Å². The lowest BCUT2D eigenvalue weighted by atomic mass is 12.0. The molecule has 0 atom stereocenters. The first-order valence-corrected chi connectivity index (χ1v) is 3.46. The molecule has 5 nitrogen and oxygen atoms in total. The summed E-state index contributed by atoms with van der Waals surface area (Å²) in [4.78, 5) is 0. The summed E-state index contributed by atoms with van der Waals surface area (Å²) in [5.74, 6) is 8.90. The first-order chi connectivity index (χ1) is 3.12. The second-order valence-corrected chi connectivity index (χ2v) is 2.95. The van der Waals surface area contributed by atoms with E-state index in [0.717, 1.165) is 6.66 Å². The molecule has 0 bridgehead atoms. The molecule has 0 unspecified atom stereocenters. The van der Waals surface area contributed by atoms with Gasteiger partial charge in [0, 0.05) is 6.66 Å². The predicted octanol–water partition coefficient (Wildman–Crippen LogP) is -0.410. The summed E-state index contributed by atoms with van der Waals surface area (Å²) in [6, 6.07) is 0. The van der Waals surface area contributed by atoms with Gasteiger partial charge in [-0.25, -0.2) is 21.0 Å². The van der Waals surface area contributed by atoms with E-state index in [2.05, 4.69) is 21.0 Å². The van der Waals surface area contributed by atoms with Crippen molar-refractivity contribution in [2.24, 2.45) is 11.8 Å². The third-order valence-corrected chi connectivity index (χ3v) is 1.15. The van der Waals surface area contributed by atoms with Crippen molar-refractivity contribution >= 4 is 7.60 Å². The van der Waals surface area contributed by atoms with Crippen LogP contribution in [0.15, 0.2) is 0 Å². The smallest absolute Gasteiger partial charge is 0.257 e. The zero-order valence-corrected chi connectivity index (χ0v) is 4.72. The van der Waals surface area contributed by atoms with Gasteiger partial charge < -0.3 is 0 Å². The van der Waals surface area contributed by atoms with Gasteiger partial charge in [-0.3, -0.25) is 4.57 Å². The SMILES string of the molecule is CP(=O)(ON)ON. The van der Waals surface area contributed by atoms with Crippen molar-refractivity contribution in [2.45, 2.75) is 0 Å². The van der Waals surface area contributed by atoms with Crippen molar-refractivity contribution in [2.75, 3.05) is 6.66 Å². The molecule has 0 radical (unpaired) electrons. The highest BCUT2D eigenvalue weighted by Gasteiger charge is 2.11. The Kier molecular flexibility index (Phi) is 2.42. The Hall–Kier alpha value is 0.0700. The molecule has 0 aliphatic rings. The van der Waals surface area contributed by atoms with Gasteiger partial charge in [-0.1, -0.05) is 0 Å². The molecular formula is CH7N2O3P. The molecular weight excluding hydrogens is 119 g/mol. The third-order valence-electron chi connectivity index (χ3n) is 0.383. The second kappa shape index (κ2) is 2.40. The Morgan fingerprint density at radius 3 is 1.71 bits per heavy atom. The van der Waals surface area contributed by atoms with Crippen LogP contribution in [0.25, 0.3) is 0 Å². The summed E-state index contributed by atoms with van der Waals surface area (Å²) in [7, 11) is -3.10. The second-order valence-electron chi connectivity index (χ2n) is 0.982. The highest BCUT2D eigenvalue weighted by Crippen LogP contribution is 2.38. The quantitative estimate of drug-likeness (QED) is 0.388. The van der Waals surface area contributed by atoms with Crippen molar-refractivity contribution in [3.63, 3.8) is 0 Å². The lowest BCUT2D eigenvalue weighted by molar-refractivity contribution is 0.216. The van der Waals surface area contributed by atoms with Crippen LogP contribution in [0.2, 0.25) is 0 Å². The van der Waals surface area contributed by atoms with Gasteiger partial charge in [-0.2, -0.15) is 0 Å². The molecule has 0 aliphatic heterocycles. The van der Waals surface area contributed by atoms with Crippen molar-refractivity contribution in [1.29, 1.82) is 0 Å². The fourth-order valence-electron chi connectivity index (χ4n) is 0.0248. The Bertz CT molecular complexity index is 84.9. The normalized spacial score (nSPS) is 11.9. The molecule has 44 valence electrons. The average molecular weight is 126 g/mol. The van der Waals surface area contributed by atoms with Crippen LogP contribution in [0, 0.1) is 0 Å². The van der Waals surface area contributed by atoms with Crippen LogP contribution < -0.4 is 11.8 Å². The van der Waals surface area contributed by atoms with Crippen LogP contribution in [-0.4, -0.2) is 6.66 Å². The minimum Gasteiger partial charge on any atom is -0.257 e. The average Bonchev–Trinajstić information content (AvgIpc) is 1.68. The number of rotatable bonds is 2. The number of hydrogen-bond acceptors (Lipinski definition) is 5. The highest BCUT2D eigenvalue weighted by atomic mass is 31.2. The Labute approximate surface area is 41.0 Å². The topological polar surface area (TPSA) is 87.6 Å². The monoisotopic (exact) mass is 126 g/mol. The van der Waals surface area contributed by atoms with E-state index in [1.54, 1.807) is 0 Å². The fraction of sp³-hybridized carbons (Fsp3) is 1.00. The van der Waals surface area contributed by atoms with Crippen molar-refractivity contribution in [3.05, 3.63) is 0 Å². The van der Waals surface area contributed by atoms with Crippen LogP contribution >= 0.6 is 7.60 Å². The zero-order valence-electron chi connectivity index (χ0n) is 3.83. The molecule has 0 aliphatic carbocycles. The van der Waals surface area contributed by atoms with E-state index in [0.29, 0.717) is 0 Å². The largest absolute Gasteiger partial charge is 0.359 e. The zero-order chi connectivity index (χ0) is 5.91. The summed E-state index contributed by atoms with van der Waals surface area (Å²) in [5, 5.41) is 0. The van der Waals surface area contributed by atoms with Gasteiger partial charge in [0.1, 0.15) is 0 Å². The molecule has 0 saturated carbocycles. The lowest BCUT2D eigenvalue weighted by Crippen LogP contribution is -2.02. The van der Waals surface area contributed by atoms with Crippen LogP contribution in [0.5, 0.6) is 0 Å². The molecule has 0 aromatic rings. The highest BCUT2D eigenvalue weighted by molar-refractivity contribution is 7.52. The van der Waals surface area contributed by atoms with E-state index in [-0.39, 0.29) is 0 Å². The Balaban J connectivity index is 3.61. The van der Waals surface area contributed by atoms with E-state index in [1.807, 2.05) is 0 Å². The molecule has 0 spiro atoms. The van der Waals surface area contributed by atoms with E-state index < -0.39 is 7.60 Å². The molecule has 4 N–H and O–H groups in total. The minimum atomic E-state index is -3.10. The van der Waals surface area contributed by atoms with Gasteiger partial charge in [0.15, 0.2) is 0 Å². The number of hydrogen-bond donors (Lipinski definition) is 2. The van der Waals surface area contributed by atoms with Crippen LogP contribution in [0.1, 0.15) is 0 Å². The Morgan fingerprint density at radius 2 is 1.71 bits per heavy atom. The maximum atomic E-state index is 10.3. The predicted molar refractivity (Wildman–Crippen MR) is 24.1 cm³/mol. The molecule has 0 aromatic heterocycles.